The summed E-state index contributed by atoms with van der Waals surface area (Å²) in [5.41, 5.74) is -2.05. The van der Waals surface area contributed by atoms with Crippen LogP contribution in [0.5, 0.6) is 0 Å². The van der Waals surface area contributed by atoms with Crippen LogP contribution in [0, 0.1) is 34.0 Å². The number of rotatable bonds is 1. The Kier molecular flexibility index (Phi) is 2.26. The van der Waals surface area contributed by atoms with Gasteiger partial charge in [-0.2, -0.15) is 0 Å². The summed E-state index contributed by atoms with van der Waals surface area (Å²) < 4.78 is 5.94. The first kappa shape index (κ1) is 15.0. The van der Waals surface area contributed by atoms with Gasteiger partial charge >= 0.3 is 0 Å². The molecule has 7 atom stereocenters. The second-order valence-electron chi connectivity index (χ2n) is 9.39. The zero-order valence-electron chi connectivity index (χ0n) is 14.8. The minimum absolute atomic E-state index is 0.0525. The van der Waals surface area contributed by atoms with Crippen molar-refractivity contribution in [1.29, 1.82) is 0 Å². The Morgan fingerprint density at radius 3 is 2.46 bits per heavy atom. The molecule has 2 spiro atoms. The third-order valence-electron chi connectivity index (χ3n) is 8.98. The molecule has 1 heterocycles. The van der Waals surface area contributed by atoms with Gasteiger partial charge in [0.05, 0.1) is 5.41 Å². The molecule has 5 fully saturated rings. The maximum atomic E-state index is 13.3. The molecule has 5 aliphatic rings. The van der Waals surface area contributed by atoms with Crippen molar-refractivity contribution in [2.45, 2.75) is 58.7 Å². The fourth-order valence-corrected chi connectivity index (χ4v) is 7.83. The number of ether oxygens (including phenoxy) is 1. The number of Topliss-reactive ketones (excluding diaryl/α,β-unsaturated/α-hetero) is 3. The van der Waals surface area contributed by atoms with Crippen molar-refractivity contribution < 1.29 is 19.1 Å². The lowest BCUT2D eigenvalue weighted by atomic mass is 9.56. The maximum absolute atomic E-state index is 13.3. The van der Waals surface area contributed by atoms with Crippen LogP contribution in [-0.4, -0.2) is 29.1 Å². The lowest BCUT2D eigenvalue weighted by molar-refractivity contribution is -0.143. The minimum atomic E-state index is -0.875. The van der Waals surface area contributed by atoms with E-state index in [-0.39, 0.29) is 34.6 Å². The van der Waals surface area contributed by atoms with E-state index in [9.17, 15) is 14.4 Å². The summed E-state index contributed by atoms with van der Waals surface area (Å²) in [6.45, 7) is 12.3. The molecule has 128 valence electrons. The number of hydrogen-bond acceptors (Lipinski definition) is 4. The van der Waals surface area contributed by atoms with Crippen LogP contribution in [-0.2, 0) is 19.1 Å². The Morgan fingerprint density at radius 1 is 1.17 bits per heavy atom. The minimum Gasteiger partial charge on any atom is -0.356 e. The van der Waals surface area contributed by atoms with Crippen LogP contribution in [0.3, 0.4) is 0 Å². The molecule has 4 saturated carbocycles. The highest BCUT2D eigenvalue weighted by atomic mass is 16.6. The summed E-state index contributed by atoms with van der Waals surface area (Å²) in [5, 5.41) is 0. The summed E-state index contributed by atoms with van der Waals surface area (Å²) >= 11 is 0. The topological polar surface area (TPSA) is 63.7 Å². The van der Waals surface area contributed by atoms with Crippen molar-refractivity contribution in [3.05, 3.63) is 12.2 Å². The molecule has 0 aromatic heterocycles. The first-order valence-electron chi connectivity index (χ1n) is 9.11. The van der Waals surface area contributed by atoms with E-state index in [4.69, 9.17) is 4.74 Å². The van der Waals surface area contributed by atoms with Gasteiger partial charge in [0.2, 0.25) is 11.6 Å². The fourth-order valence-electron chi connectivity index (χ4n) is 7.83. The normalized spacial score (nSPS) is 57.5. The van der Waals surface area contributed by atoms with Crippen molar-refractivity contribution in [3.63, 3.8) is 0 Å². The first-order valence-corrected chi connectivity index (χ1v) is 9.11. The Morgan fingerprint density at radius 2 is 1.83 bits per heavy atom. The van der Waals surface area contributed by atoms with Crippen molar-refractivity contribution >= 4 is 17.3 Å². The molecule has 0 bridgehead atoms. The summed E-state index contributed by atoms with van der Waals surface area (Å²) in [6, 6.07) is 0. The molecule has 0 aromatic carbocycles. The van der Waals surface area contributed by atoms with E-state index in [0.717, 1.165) is 12.8 Å². The maximum Gasteiger partial charge on any atom is 0.208 e. The van der Waals surface area contributed by atoms with E-state index in [1.165, 1.54) is 0 Å². The van der Waals surface area contributed by atoms with Crippen LogP contribution in [0.25, 0.3) is 0 Å². The van der Waals surface area contributed by atoms with Gasteiger partial charge < -0.3 is 4.74 Å². The molecule has 0 amide bonds. The molecule has 0 aromatic rings. The van der Waals surface area contributed by atoms with Crippen LogP contribution in [0.15, 0.2) is 12.2 Å². The number of epoxide rings is 1. The first-order chi connectivity index (χ1) is 11.1. The average Bonchev–Trinajstić information content (AvgIpc) is 3.05. The van der Waals surface area contributed by atoms with Crippen LogP contribution in [0.4, 0.5) is 0 Å². The number of carbonyl (C=O) groups excluding carboxylic acids is 3. The molecule has 4 aliphatic carbocycles. The quantitative estimate of drug-likeness (QED) is 0.421. The standard InChI is InChI=1S/C20H24O4/c1-9(2)11-6-7-19-8-12-10(3)13(21)16-20(12,24-16)18(19,5)15(23)14(22)17(11,19)4/h9,11-12,16H,3,6-8H2,1-2,4-5H3/t11-,12-,16-,17+,18+,19-,20+/m1/s1. The number of carbonyl (C=O) groups is 3. The highest BCUT2D eigenvalue weighted by molar-refractivity contribution is 6.45. The third kappa shape index (κ3) is 1.000. The van der Waals surface area contributed by atoms with E-state index in [2.05, 4.69) is 20.4 Å². The highest BCUT2D eigenvalue weighted by Gasteiger charge is 2.94. The highest BCUT2D eigenvalue weighted by Crippen LogP contribution is 2.85. The van der Waals surface area contributed by atoms with Crippen molar-refractivity contribution in [1.82, 2.24) is 0 Å². The molecule has 0 unspecified atom stereocenters. The third-order valence-corrected chi connectivity index (χ3v) is 8.98. The predicted octanol–water partition coefficient (Wildman–Crippen LogP) is 2.50. The van der Waals surface area contributed by atoms with Crippen molar-refractivity contribution in [3.8, 4) is 0 Å². The van der Waals surface area contributed by atoms with Gasteiger partial charge in [-0.05, 0) is 49.0 Å². The Bertz CT molecular complexity index is 766. The summed E-state index contributed by atoms with van der Waals surface area (Å²) in [5.74, 6) is -0.0824. The molecular formula is C20H24O4. The van der Waals surface area contributed by atoms with Gasteiger partial charge in [-0.15, -0.1) is 0 Å². The van der Waals surface area contributed by atoms with Gasteiger partial charge in [0, 0.05) is 11.3 Å². The van der Waals surface area contributed by atoms with E-state index < -0.39 is 22.5 Å². The molecule has 4 heteroatoms. The van der Waals surface area contributed by atoms with E-state index in [0.29, 0.717) is 17.9 Å². The Hall–Kier alpha value is -1.29. The molecule has 24 heavy (non-hydrogen) atoms. The number of hydrogen-bond donors (Lipinski definition) is 0. The second kappa shape index (κ2) is 3.62. The van der Waals surface area contributed by atoms with Crippen LogP contribution in [0.2, 0.25) is 0 Å². The van der Waals surface area contributed by atoms with Crippen molar-refractivity contribution in [2.24, 2.45) is 34.0 Å². The zero-order valence-corrected chi connectivity index (χ0v) is 14.8. The monoisotopic (exact) mass is 328 g/mol. The number of ketones is 3. The molecular weight excluding hydrogens is 304 g/mol. The van der Waals surface area contributed by atoms with Crippen LogP contribution < -0.4 is 0 Å². The molecule has 0 N–H and O–H groups in total. The smallest absolute Gasteiger partial charge is 0.208 e. The molecule has 5 rings (SSSR count). The van der Waals surface area contributed by atoms with E-state index in [1.807, 2.05) is 13.8 Å². The van der Waals surface area contributed by atoms with E-state index in [1.54, 1.807) is 0 Å². The second-order valence-corrected chi connectivity index (χ2v) is 9.39. The van der Waals surface area contributed by atoms with Crippen LogP contribution >= 0.6 is 0 Å². The molecule has 0 radical (unpaired) electrons. The van der Waals surface area contributed by atoms with Gasteiger partial charge in [-0.3, -0.25) is 14.4 Å². The summed E-state index contributed by atoms with van der Waals surface area (Å²) in [7, 11) is 0. The van der Waals surface area contributed by atoms with Crippen molar-refractivity contribution in [2.75, 3.05) is 0 Å². The van der Waals surface area contributed by atoms with Gasteiger partial charge in [0.15, 0.2) is 11.9 Å². The zero-order chi connectivity index (χ0) is 17.4. The average molecular weight is 328 g/mol. The van der Waals surface area contributed by atoms with Gasteiger partial charge in [0.1, 0.15) is 5.60 Å². The SMILES string of the molecule is C=C1C(=O)[C@H]2O[C@@]23[C@@H]1C[C@]12CC[C@H](C(C)C)[C@@]1(C)C(=O)C(=O)[C@]32C. The van der Waals surface area contributed by atoms with Crippen LogP contribution in [0.1, 0.15) is 47.0 Å². The largest absolute Gasteiger partial charge is 0.356 e. The lowest BCUT2D eigenvalue weighted by Crippen LogP contribution is -2.48. The molecule has 1 aliphatic heterocycles. The molecule has 4 nitrogen and oxygen atoms in total. The van der Waals surface area contributed by atoms with E-state index >= 15 is 0 Å². The summed E-state index contributed by atoms with van der Waals surface area (Å²) in [6.07, 6.45) is 1.99. The Balaban J connectivity index is 1.78. The predicted molar refractivity (Wildman–Crippen MR) is 86.1 cm³/mol. The fraction of sp³-hybridized carbons (Fsp3) is 0.750. The molecule has 1 saturated heterocycles. The van der Waals surface area contributed by atoms with Gasteiger partial charge in [-0.1, -0.05) is 27.4 Å². The van der Waals surface area contributed by atoms with Gasteiger partial charge in [-0.25, -0.2) is 0 Å². The lowest BCUT2D eigenvalue weighted by Gasteiger charge is -2.44. The van der Waals surface area contributed by atoms with Gasteiger partial charge in [0.25, 0.3) is 0 Å². The Labute approximate surface area is 142 Å². The summed E-state index contributed by atoms with van der Waals surface area (Å²) in [4.78, 5) is 38.9.